The molecule has 1 N–H and O–H groups in total. The molecule has 0 aliphatic rings. The molecule has 0 saturated heterocycles. The van der Waals surface area contributed by atoms with Gasteiger partial charge in [0.15, 0.2) is 0 Å². The van der Waals surface area contributed by atoms with Gasteiger partial charge in [-0.05, 0) is 44.0 Å². The van der Waals surface area contributed by atoms with E-state index in [1.807, 2.05) is 44.2 Å². The minimum absolute atomic E-state index is 0.153. The van der Waals surface area contributed by atoms with Gasteiger partial charge in [0.25, 0.3) is 5.91 Å². The van der Waals surface area contributed by atoms with Crippen LogP contribution in [0.4, 0.5) is 0 Å². The van der Waals surface area contributed by atoms with Crippen molar-refractivity contribution in [2.45, 2.75) is 20.3 Å². The number of ether oxygens (including phenoxy) is 1. The molecule has 0 fully saturated rings. The van der Waals surface area contributed by atoms with Crippen LogP contribution in [0.25, 0.3) is 11.1 Å². The Labute approximate surface area is 152 Å². The van der Waals surface area contributed by atoms with Gasteiger partial charge in [-0.15, -0.1) is 0 Å². The molecule has 3 aromatic rings. The maximum atomic E-state index is 12.4. The Hall–Kier alpha value is -3.15. The summed E-state index contributed by atoms with van der Waals surface area (Å²) in [4.78, 5) is 16.6. The number of benzene rings is 1. The zero-order chi connectivity index (χ0) is 18.5. The number of methoxy groups -OCH3 is 1. The van der Waals surface area contributed by atoms with Crippen LogP contribution in [0.3, 0.4) is 0 Å². The van der Waals surface area contributed by atoms with Gasteiger partial charge in [0.2, 0.25) is 0 Å². The zero-order valence-corrected chi connectivity index (χ0v) is 15.1. The lowest BCUT2D eigenvalue weighted by Gasteiger charge is -2.07. The summed E-state index contributed by atoms with van der Waals surface area (Å²) < 4.78 is 10.3. The van der Waals surface area contributed by atoms with Crippen molar-refractivity contribution in [3.05, 3.63) is 65.3 Å². The zero-order valence-electron chi connectivity index (χ0n) is 15.1. The number of aromatic nitrogens is 2. The van der Waals surface area contributed by atoms with Crippen molar-refractivity contribution in [2.24, 2.45) is 0 Å². The van der Waals surface area contributed by atoms with Gasteiger partial charge in [0.1, 0.15) is 11.5 Å². The Balaban J connectivity index is 1.64. The number of nitrogens with zero attached hydrogens (tertiary/aromatic N) is 2. The van der Waals surface area contributed by atoms with E-state index in [0.717, 1.165) is 34.6 Å². The molecule has 0 atom stereocenters. The first kappa shape index (κ1) is 17.7. The molecule has 0 unspecified atom stereocenters. The minimum atomic E-state index is -0.153. The maximum Gasteiger partial charge on any atom is 0.252 e. The Morgan fingerprint density at radius 1 is 1.19 bits per heavy atom. The van der Waals surface area contributed by atoms with Gasteiger partial charge < -0.3 is 14.6 Å². The molecule has 0 bridgehead atoms. The lowest BCUT2D eigenvalue weighted by molar-refractivity contribution is 0.0954. The number of pyridine rings is 1. The fraction of sp³-hybridized carbons (Fsp3) is 0.250. The largest absolute Gasteiger partial charge is 0.497 e. The van der Waals surface area contributed by atoms with E-state index in [0.29, 0.717) is 17.9 Å². The van der Waals surface area contributed by atoms with Crippen LogP contribution in [0, 0.1) is 13.8 Å². The lowest BCUT2D eigenvalue weighted by Crippen LogP contribution is -2.25. The first-order valence-electron chi connectivity index (χ1n) is 8.38. The van der Waals surface area contributed by atoms with Crippen molar-refractivity contribution in [1.29, 1.82) is 0 Å². The highest BCUT2D eigenvalue weighted by Crippen LogP contribution is 2.26. The Bertz CT molecular complexity index is 881. The van der Waals surface area contributed by atoms with E-state index in [2.05, 4.69) is 15.5 Å². The number of nitrogens with one attached hydrogen (secondary N) is 1. The third kappa shape index (κ3) is 3.91. The highest BCUT2D eigenvalue weighted by molar-refractivity contribution is 5.95. The van der Waals surface area contributed by atoms with Crippen molar-refractivity contribution < 1.29 is 14.1 Å². The summed E-state index contributed by atoms with van der Waals surface area (Å²) in [6.45, 7) is 4.26. The second kappa shape index (κ2) is 7.82. The van der Waals surface area contributed by atoms with E-state index >= 15 is 0 Å². The van der Waals surface area contributed by atoms with E-state index in [1.54, 1.807) is 19.5 Å². The molecule has 0 aliphatic heterocycles. The number of carbonyl (C=O) groups is 1. The van der Waals surface area contributed by atoms with Crippen molar-refractivity contribution >= 4 is 5.91 Å². The third-order valence-electron chi connectivity index (χ3n) is 4.18. The van der Waals surface area contributed by atoms with Gasteiger partial charge in [-0.1, -0.05) is 17.3 Å². The predicted octanol–water partition coefficient (Wildman–Crippen LogP) is 3.33. The molecule has 6 nitrogen and oxygen atoms in total. The summed E-state index contributed by atoms with van der Waals surface area (Å²) >= 11 is 0. The van der Waals surface area contributed by atoms with E-state index in [-0.39, 0.29) is 5.91 Å². The standard InChI is InChI=1S/C20H21N3O3/c1-13-19(14(2)26-23-13)16-10-17(12-21-11-16)20(24)22-9-8-15-4-6-18(25-3)7-5-15/h4-7,10-12H,8-9H2,1-3H3,(H,22,24). The van der Waals surface area contributed by atoms with Crippen molar-refractivity contribution in [3.63, 3.8) is 0 Å². The molecule has 0 aliphatic carbocycles. The normalized spacial score (nSPS) is 10.6. The summed E-state index contributed by atoms with van der Waals surface area (Å²) in [5.74, 6) is 1.38. The fourth-order valence-electron chi connectivity index (χ4n) is 2.81. The van der Waals surface area contributed by atoms with Crippen LogP contribution in [0.1, 0.15) is 27.4 Å². The number of hydrogen-bond acceptors (Lipinski definition) is 5. The Kier molecular flexibility index (Phi) is 5.31. The predicted molar refractivity (Wildman–Crippen MR) is 98.2 cm³/mol. The second-order valence-electron chi connectivity index (χ2n) is 6.02. The molecule has 1 amide bonds. The van der Waals surface area contributed by atoms with Crippen LogP contribution in [0.15, 0.2) is 47.2 Å². The van der Waals surface area contributed by atoms with Gasteiger partial charge in [0.05, 0.1) is 18.4 Å². The van der Waals surface area contributed by atoms with Crippen LogP contribution in [-0.4, -0.2) is 29.7 Å². The second-order valence-corrected chi connectivity index (χ2v) is 6.02. The topological polar surface area (TPSA) is 77.2 Å². The first-order valence-corrected chi connectivity index (χ1v) is 8.38. The Morgan fingerprint density at radius 3 is 2.62 bits per heavy atom. The average molecular weight is 351 g/mol. The smallest absolute Gasteiger partial charge is 0.252 e. The van der Waals surface area contributed by atoms with Gasteiger partial charge in [-0.3, -0.25) is 9.78 Å². The van der Waals surface area contributed by atoms with Gasteiger partial charge >= 0.3 is 0 Å². The molecule has 0 saturated carbocycles. The molecule has 6 heteroatoms. The summed E-state index contributed by atoms with van der Waals surface area (Å²) in [5.41, 5.74) is 4.13. The number of amides is 1. The van der Waals surface area contributed by atoms with E-state index < -0.39 is 0 Å². The van der Waals surface area contributed by atoms with Crippen LogP contribution < -0.4 is 10.1 Å². The molecule has 26 heavy (non-hydrogen) atoms. The van der Waals surface area contributed by atoms with Crippen LogP contribution in [0.2, 0.25) is 0 Å². The SMILES string of the molecule is COc1ccc(CCNC(=O)c2cncc(-c3c(C)noc3C)c2)cc1. The summed E-state index contributed by atoms with van der Waals surface area (Å²) in [6, 6.07) is 9.61. The van der Waals surface area contributed by atoms with Gasteiger partial charge in [0, 0.05) is 30.1 Å². The van der Waals surface area contributed by atoms with Crippen molar-refractivity contribution in [1.82, 2.24) is 15.5 Å². The molecular weight excluding hydrogens is 330 g/mol. The number of hydrogen-bond donors (Lipinski definition) is 1. The average Bonchev–Trinajstić information content (AvgIpc) is 3.00. The van der Waals surface area contributed by atoms with Gasteiger partial charge in [-0.2, -0.15) is 0 Å². The van der Waals surface area contributed by atoms with E-state index in [1.165, 1.54) is 0 Å². The highest BCUT2D eigenvalue weighted by atomic mass is 16.5. The van der Waals surface area contributed by atoms with Crippen LogP contribution >= 0.6 is 0 Å². The number of aryl methyl sites for hydroxylation is 2. The van der Waals surface area contributed by atoms with Crippen molar-refractivity contribution in [3.8, 4) is 16.9 Å². The molecule has 134 valence electrons. The molecule has 0 spiro atoms. The quantitative estimate of drug-likeness (QED) is 0.737. The molecule has 1 aromatic carbocycles. The lowest BCUT2D eigenvalue weighted by atomic mass is 10.0. The first-order chi connectivity index (χ1) is 12.6. The summed E-state index contributed by atoms with van der Waals surface area (Å²) in [6.07, 6.45) is 4.01. The van der Waals surface area contributed by atoms with Crippen LogP contribution in [-0.2, 0) is 6.42 Å². The fourth-order valence-corrected chi connectivity index (χ4v) is 2.81. The monoisotopic (exact) mass is 351 g/mol. The maximum absolute atomic E-state index is 12.4. The summed E-state index contributed by atoms with van der Waals surface area (Å²) in [7, 11) is 1.64. The number of carbonyl (C=O) groups excluding carboxylic acids is 1. The van der Waals surface area contributed by atoms with Crippen LogP contribution in [0.5, 0.6) is 5.75 Å². The van der Waals surface area contributed by atoms with E-state index in [4.69, 9.17) is 9.26 Å². The third-order valence-corrected chi connectivity index (χ3v) is 4.18. The number of rotatable bonds is 6. The van der Waals surface area contributed by atoms with Gasteiger partial charge in [-0.25, -0.2) is 0 Å². The Morgan fingerprint density at radius 2 is 1.96 bits per heavy atom. The molecule has 2 aromatic heterocycles. The highest BCUT2D eigenvalue weighted by Gasteiger charge is 2.14. The van der Waals surface area contributed by atoms with E-state index in [9.17, 15) is 4.79 Å². The molecule has 0 radical (unpaired) electrons. The minimum Gasteiger partial charge on any atom is -0.497 e. The summed E-state index contributed by atoms with van der Waals surface area (Å²) in [5, 5.41) is 6.88. The van der Waals surface area contributed by atoms with Crippen molar-refractivity contribution in [2.75, 3.05) is 13.7 Å². The molecule has 2 heterocycles. The molecular formula is C20H21N3O3. The molecule has 3 rings (SSSR count).